The van der Waals surface area contributed by atoms with Gasteiger partial charge in [0.15, 0.2) is 9.84 Å². The van der Waals surface area contributed by atoms with Crippen LogP contribution in [0.2, 0.25) is 0 Å². The molecular weight excluding hydrogens is 226 g/mol. The first kappa shape index (κ1) is 13.9. The van der Waals surface area contributed by atoms with Gasteiger partial charge in [-0.1, -0.05) is 6.92 Å². The van der Waals surface area contributed by atoms with Gasteiger partial charge in [0.2, 0.25) is 0 Å². The third kappa shape index (κ3) is 3.71. The lowest BCUT2D eigenvalue weighted by Crippen LogP contribution is -2.49. The molecule has 1 aliphatic rings. The van der Waals surface area contributed by atoms with Crippen LogP contribution in [0.15, 0.2) is 0 Å². The number of sulfone groups is 1. The van der Waals surface area contributed by atoms with Gasteiger partial charge in [-0.2, -0.15) is 0 Å². The minimum Gasteiger partial charge on any atom is -0.381 e. The van der Waals surface area contributed by atoms with E-state index >= 15 is 0 Å². The van der Waals surface area contributed by atoms with Crippen LogP contribution in [0.5, 0.6) is 0 Å². The van der Waals surface area contributed by atoms with Gasteiger partial charge in [-0.3, -0.25) is 0 Å². The lowest BCUT2D eigenvalue weighted by Gasteiger charge is -2.33. The Morgan fingerprint density at radius 3 is 2.62 bits per heavy atom. The second-order valence-corrected chi connectivity index (χ2v) is 7.00. The highest BCUT2D eigenvalue weighted by Crippen LogP contribution is 2.22. The van der Waals surface area contributed by atoms with Crippen molar-refractivity contribution < 1.29 is 13.2 Å². The van der Waals surface area contributed by atoms with Gasteiger partial charge in [-0.25, -0.2) is 8.42 Å². The molecule has 1 rings (SSSR count). The van der Waals surface area contributed by atoms with Crippen molar-refractivity contribution in [2.24, 2.45) is 5.92 Å². The van der Waals surface area contributed by atoms with Crippen LogP contribution in [-0.4, -0.2) is 45.7 Å². The minimum atomic E-state index is -2.99. The van der Waals surface area contributed by atoms with Gasteiger partial charge in [0.25, 0.3) is 0 Å². The Labute approximate surface area is 98.7 Å². The SMILES string of the molecule is CCNC(C1CCCOC1)C(C)S(C)(=O)=O. The number of ether oxygens (including phenoxy) is 1. The topological polar surface area (TPSA) is 55.4 Å². The second-order valence-electron chi connectivity index (χ2n) is 4.60. The molecule has 96 valence electrons. The molecule has 1 N–H and O–H groups in total. The van der Waals surface area contributed by atoms with E-state index in [-0.39, 0.29) is 11.3 Å². The van der Waals surface area contributed by atoms with Crippen LogP contribution in [0.4, 0.5) is 0 Å². The van der Waals surface area contributed by atoms with Crippen LogP contribution in [0, 0.1) is 5.92 Å². The summed E-state index contributed by atoms with van der Waals surface area (Å²) in [4.78, 5) is 0. The van der Waals surface area contributed by atoms with Crippen molar-refractivity contribution >= 4 is 9.84 Å². The first-order valence-corrected chi connectivity index (χ1v) is 7.92. The molecule has 0 aromatic heterocycles. The molecule has 0 spiro atoms. The van der Waals surface area contributed by atoms with Crippen molar-refractivity contribution in [3.63, 3.8) is 0 Å². The van der Waals surface area contributed by atoms with Crippen LogP contribution in [-0.2, 0) is 14.6 Å². The Kier molecular flexibility index (Phi) is 5.21. The molecule has 5 heteroatoms. The number of hydrogen-bond acceptors (Lipinski definition) is 4. The molecule has 0 aliphatic carbocycles. The molecule has 0 amide bonds. The Morgan fingerprint density at radius 2 is 2.19 bits per heavy atom. The highest BCUT2D eigenvalue weighted by Gasteiger charge is 2.32. The summed E-state index contributed by atoms with van der Waals surface area (Å²) >= 11 is 0. The summed E-state index contributed by atoms with van der Waals surface area (Å²) in [5.74, 6) is 0.318. The van der Waals surface area contributed by atoms with Crippen molar-refractivity contribution in [3.05, 3.63) is 0 Å². The van der Waals surface area contributed by atoms with Crippen LogP contribution in [0.1, 0.15) is 26.7 Å². The molecule has 0 saturated carbocycles. The van der Waals surface area contributed by atoms with Crippen molar-refractivity contribution in [1.82, 2.24) is 5.32 Å². The van der Waals surface area contributed by atoms with Crippen molar-refractivity contribution in [2.75, 3.05) is 26.0 Å². The van der Waals surface area contributed by atoms with Crippen LogP contribution < -0.4 is 5.32 Å². The summed E-state index contributed by atoms with van der Waals surface area (Å²) in [6.45, 7) is 6.07. The maximum Gasteiger partial charge on any atom is 0.151 e. The molecule has 4 nitrogen and oxygen atoms in total. The average molecular weight is 249 g/mol. The van der Waals surface area contributed by atoms with E-state index in [0.717, 1.165) is 26.0 Å². The molecule has 0 radical (unpaired) electrons. The van der Waals surface area contributed by atoms with E-state index in [0.29, 0.717) is 12.5 Å². The highest BCUT2D eigenvalue weighted by molar-refractivity contribution is 7.91. The molecule has 0 aromatic rings. The summed E-state index contributed by atoms with van der Waals surface area (Å²) in [6.07, 6.45) is 3.40. The zero-order valence-corrected chi connectivity index (χ0v) is 11.2. The quantitative estimate of drug-likeness (QED) is 0.784. The fourth-order valence-corrected chi connectivity index (χ4v) is 3.12. The molecule has 1 aliphatic heterocycles. The molecule has 0 aromatic carbocycles. The largest absolute Gasteiger partial charge is 0.381 e. The Balaban J connectivity index is 2.72. The van der Waals surface area contributed by atoms with E-state index in [4.69, 9.17) is 4.74 Å². The lowest BCUT2D eigenvalue weighted by atomic mass is 9.92. The summed E-state index contributed by atoms with van der Waals surface area (Å²) in [5.41, 5.74) is 0. The third-order valence-corrected chi connectivity index (χ3v) is 4.97. The molecule has 16 heavy (non-hydrogen) atoms. The standard InChI is InChI=1S/C11H23NO3S/c1-4-12-11(9(2)16(3,13)14)10-6-5-7-15-8-10/h9-12H,4-8H2,1-3H3. The molecule has 1 heterocycles. The van der Waals surface area contributed by atoms with Gasteiger partial charge in [0.05, 0.1) is 11.9 Å². The van der Waals surface area contributed by atoms with E-state index in [2.05, 4.69) is 5.32 Å². The maximum absolute atomic E-state index is 11.6. The molecule has 0 bridgehead atoms. The monoisotopic (exact) mass is 249 g/mol. The fourth-order valence-electron chi connectivity index (χ4n) is 2.27. The fraction of sp³-hybridized carbons (Fsp3) is 1.00. The predicted molar refractivity (Wildman–Crippen MR) is 65.3 cm³/mol. The Hall–Kier alpha value is -0.130. The Morgan fingerprint density at radius 1 is 1.50 bits per heavy atom. The highest BCUT2D eigenvalue weighted by atomic mass is 32.2. The predicted octanol–water partition coefficient (Wildman–Crippen LogP) is 0.824. The lowest BCUT2D eigenvalue weighted by molar-refractivity contribution is 0.0395. The van der Waals surface area contributed by atoms with Gasteiger partial charge < -0.3 is 10.1 Å². The molecule has 3 unspecified atom stereocenters. The third-order valence-electron chi connectivity index (χ3n) is 3.32. The summed E-state index contributed by atoms with van der Waals surface area (Å²) < 4.78 is 28.7. The van der Waals surface area contributed by atoms with E-state index in [1.165, 1.54) is 6.26 Å². The van der Waals surface area contributed by atoms with Gasteiger partial charge in [-0.05, 0) is 32.2 Å². The van der Waals surface area contributed by atoms with E-state index in [9.17, 15) is 8.42 Å². The van der Waals surface area contributed by atoms with Crippen LogP contribution in [0.25, 0.3) is 0 Å². The second kappa shape index (κ2) is 5.98. The maximum atomic E-state index is 11.6. The number of rotatable bonds is 5. The summed E-state index contributed by atoms with van der Waals surface area (Å²) in [6, 6.07) is 0.0142. The first-order chi connectivity index (χ1) is 7.46. The zero-order chi connectivity index (χ0) is 12.2. The summed E-state index contributed by atoms with van der Waals surface area (Å²) in [7, 11) is -2.99. The number of nitrogens with one attached hydrogen (secondary N) is 1. The van der Waals surface area contributed by atoms with Gasteiger partial charge in [0.1, 0.15) is 0 Å². The van der Waals surface area contributed by atoms with E-state index in [1.54, 1.807) is 6.92 Å². The molecule has 3 atom stereocenters. The van der Waals surface area contributed by atoms with Gasteiger partial charge in [-0.15, -0.1) is 0 Å². The van der Waals surface area contributed by atoms with Crippen LogP contribution >= 0.6 is 0 Å². The first-order valence-electron chi connectivity index (χ1n) is 5.96. The van der Waals surface area contributed by atoms with Crippen molar-refractivity contribution in [3.8, 4) is 0 Å². The van der Waals surface area contributed by atoms with Gasteiger partial charge >= 0.3 is 0 Å². The van der Waals surface area contributed by atoms with Crippen LogP contribution in [0.3, 0.4) is 0 Å². The smallest absolute Gasteiger partial charge is 0.151 e. The number of hydrogen-bond donors (Lipinski definition) is 1. The normalized spacial score (nSPS) is 26.3. The van der Waals surface area contributed by atoms with E-state index < -0.39 is 9.84 Å². The molecule has 1 fully saturated rings. The van der Waals surface area contributed by atoms with Crippen molar-refractivity contribution in [1.29, 1.82) is 0 Å². The summed E-state index contributed by atoms with van der Waals surface area (Å²) in [5, 5.41) is 2.95. The van der Waals surface area contributed by atoms with Crippen molar-refractivity contribution in [2.45, 2.75) is 38.0 Å². The van der Waals surface area contributed by atoms with E-state index in [1.807, 2.05) is 6.92 Å². The average Bonchev–Trinajstić information content (AvgIpc) is 2.25. The molecular formula is C11H23NO3S. The van der Waals surface area contributed by atoms with Gasteiger partial charge in [0, 0.05) is 18.9 Å². The zero-order valence-electron chi connectivity index (χ0n) is 10.4. The Bertz CT molecular complexity index is 296. The minimum absolute atomic E-state index is 0.0142. The molecule has 1 saturated heterocycles.